The molecule has 1 aliphatic carbocycles. The molecule has 5 nitrogen and oxygen atoms in total. The van der Waals surface area contributed by atoms with Crippen molar-refractivity contribution in [1.29, 1.82) is 0 Å². The Morgan fingerprint density at radius 3 is 2.44 bits per heavy atom. The number of benzene rings is 2. The molecule has 0 radical (unpaired) electrons. The number of fused-ring (bicyclic) bond motifs is 1. The van der Waals surface area contributed by atoms with E-state index in [1.807, 2.05) is 30.3 Å². The van der Waals surface area contributed by atoms with Crippen molar-refractivity contribution in [2.45, 2.75) is 38.1 Å². The van der Waals surface area contributed by atoms with E-state index in [1.165, 1.54) is 41.7 Å². The molecule has 0 bridgehead atoms. The Morgan fingerprint density at radius 2 is 1.66 bits per heavy atom. The van der Waals surface area contributed by atoms with E-state index in [4.69, 9.17) is 4.37 Å². The van der Waals surface area contributed by atoms with Gasteiger partial charge in [0.1, 0.15) is 5.82 Å². The largest absolute Gasteiger partial charge is 0.353 e. The molecule has 1 aliphatic heterocycles. The molecular formula is C26H32N4OS. The number of nitrogens with zero attached hydrogens (tertiary/aromatic N) is 3. The second-order valence-electron chi connectivity index (χ2n) is 9.18. The van der Waals surface area contributed by atoms with Crippen LogP contribution in [-0.4, -0.2) is 53.9 Å². The van der Waals surface area contributed by atoms with Gasteiger partial charge in [0.15, 0.2) is 0 Å². The molecule has 1 saturated carbocycles. The third kappa shape index (κ3) is 4.97. The van der Waals surface area contributed by atoms with E-state index < -0.39 is 0 Å². The van der Waals surface area contributed by atoms with Crippen molar-refractivity contribution in [2.75, 3.05) is 37.6 Å². The number of carbonyl (C=O) groups is 1. The number of rotatable bonds is 6. The Bertz CT molecular complexity index is 1020. The van der Waals surface area contributed by atoms with Gasteiger partial charge in [-0.25, -0.2) is 0 Å². The maximum absolute atomic E-state index is 12.4. The molecule has 3 aromatic rings. The second-order valence-corrected chi connectivity index (χ2v) is 9.98. The van der Waals surface area contributed by atoms with Crippen molar-refractivity contribution in [3.05, 3.63) is 60.2 Å². The van der Waals surface area contributed by atoms with E-state index in [9.17, 15) is 4.79 Å². The number of anilines is 1. The van der Waals surface area contributed by atoms with Gasteiger partial charge in [-0.3, -0.25) is 9.69 Å². The van der Waals surface area contributed by atoms with Gasteiger partial charge in [-0.15, -0.1) is 0 Å². The predicted octanol–water partition coefficient (Wildman–Crippen LogP) is 4.80. The molecule has 2 fully saturated rings. The second kappa shape index (κ2) is 10.0. The van der Waals surface area contributed by atoms with Gasteiger partial charge in [0.25, 0.3) is 5.91 Å². The summed E-state index contributed by atoms with van der Waals surface area (Å²) in [5.74, 6) is 2.03. The van der Waals surface area contributed by atoms with Crippen molar-refractivity contribution < 1.29 is 4.79 Å². The summed E-state index contributed by atoms with van der Waals surface area (Å²) in [6.45, 7) is 5.55. The molecule has 0 atom stereocenters. The first kappa shape index (κ1) is 21.4. The lowest BCUT2D eigenvalue weighted by atomic mass is 9.84. The maximum Gasteiger partial charge on any atom is 0.251 e. The number of aromatic nitrogens is 1. The van der Waals surface area contributed by atoms with Gasteiger partial charge in [-0.2, -0.15) is 4.37 Å². The Labute approximate surface area is 194 Å². The fourth-order valence-corrected chi connectivity index (χ4v) is 5.90. The van der Waals surface area contributed by atoms with Crippen LogP contribution in [0, 0.1) is 5.92 Å². The number of carbonyl (C=O) groups excluding carboxylic acids is 1. The van der Waals surface area contributed by atoms with Gasteiger partial charge in [-0.1, -0.05) is 30.3 Å². The molecule has 168 valence electrons. The molecule has 1 N–H and O–H groups in total. The molecule has 2 aliphatic rings. The third-order valence-electron chi connectivity index (χ3n) is 7.10. The minimum absolute atomic E-state index is 0.0693. The van der Waals surface area contributed by atoms with Gasteiger partial charge in [-0.05, 0) is 80.4 Å². The van der Waals surface area contributed by atoms with Gasteiger partial charge >= 0.3 is 0 Å². The van der Waals surface area contributed by atoms with Crippen molar-refractivity contribution in [3.63, 3.8) is 0 Å². The highest BCUT2D eigenvalue weighted by molar-refractivity contribution is 7.13. The zero-order chi connectivity index (χ0) is 21.8. The van der Waals surface area contributed by atoms with Crippen LogP contribution in [0.2, 0.25) is 0 Å². The van der Waals surface area contributed by atoms with E-state index >= 15 is 0 Å². The first-order valence-corrected chi connectivity index (χ1v) is 12.7. The van der Waals surface area contributed by atoms with Crippen LogP contribution in [0.1, 0.15) is 42.5 Å². The average molecular weight is 449 g/mol. The fourth-order valence-electron chi connectivity index (χ4n) is 5.10. The first-order valence-electron chi connectivity index (χ1n) is 11.9. The summed E-state index contributed by atoms with van der Waals surface area (Å²) in [7, 11) is 0. The molecule has 1 aromatic heterocycles. The van der Waals surface area contributed by atoms with Crippen molar-refractivity contribution in [3.8, 4) is 0 Å². The van der Waals surface area contributed by atoms with E-state index in [2.05, 4.69) is 39.4 Å². The number of hydrogen-bond acceptors (Lipinski definition) is 5. The number of piperazine rings is 1. The van der Waals surface area contributed by atoms with Crippen molar-refractivity contribution in [2.24, 2.45) is 5.92 Å². The summed E-state index contributed by atoms with van der Waals surface area (Å²) in [5.41, 5.74) is 0.763. The SMILES string of the molecule is O=C(N[C@H]1CC[C@H](CCN2CCN(c3nsc4ccccc34)CC2)CC1)c1ccccc1. The molecule has 2 aromatic carbocycles. The minimum atomic E-state index is 0.0693. The predicted molar refractivity (Wildman–Crippen MR) is 133 cm³/mol. The van der Waals surface area contributed by atoms with Crippen molar-refractivity contribution >= 4 is 33.3 Å². The van der Waals surface area contributed by atoms with Gasteiger partial charge in [0.2, 0.25) is 0 Å². The summed E-state index contributed by atoms with van der Waals surface area (Å²) < 4.78 is 6.01. The van der Waals surface area contributed by atoms with E-state index in [0.717, 1.165) is 50.5 Å². The first-order chi connectivity index (χ1) is 15.8. The van der Waals surface area contributed by atoms with Crippen LogP contribution in [0.4, 0.5) is 5.82 Å². The molecule has 1 amide bonds. The molecular weight excluding hydrogens is 416 g/mol. The molecule has 0 unspecified atom stereocenters. The van der Waals surface area contributed by atoms with Crippen LogP contribution < -0.4 is 10.2 Å². The summed E-state index contributed by atoms with van der Waals surface area (Å²) in [6.07, 6.45) is 5.94. The summed E-state index contributed by atoms with van der Waals surface area (Å²) in [6, 6.07) is 18.4. The average Bonchev–Trinajstić information content (AvgIpc) is 3.29. The summed E-state index contributed by atoms with van der Waals surface area (Å²) in [4.78, 5) is 17.5. The number of amides is 1. The van der Waals surface area contributed by atoms with E-state index in [1.54, 1.807) is 11.5 Å². The third-order valence-corrected chi connectivity index (χ3v) is 7.92. The smallest absolute Gasteiger partial charge is 0.251 e. The Morgan fingerprint density at radius 1 is 0.938 bits per heavy atom. The van der Waals surface area contributed by atoms with Crippen LogP contribution >= 0.6 is 11.5 Å². The quantitative estimate of drug-likeness (QED) is 0.589. The normalized spacial score (nSPS) is 22.2. The fraction of sp³-hybridized carbons (Fsp3) is 0.462. The van der Waals surface area contributed by atoms with E-state index in [0.29, 0.717) is 6.04 Å². The van der Waals surface area contributed by atoms with Gasteiger partial charge < -0.3 is 10.2 Å². The Hall–Kier alpha value is -2.44. The van der Waals surface area contributed by atoms with Gasteiger partial charge in [0.05, 0.1) is 4.70 Å². The molecule has 1 saturated heterocycles. The highest BCUT2D eigenvalue weighted by Crippen LogP contribution is 2.30. The molecule has 0 spiro atoms. The highest BCUT2D eigenvalue weighted by atomic mass is 32.1. The monoisotopic (exact) mass is 448 g/mol. The molecule has 2 heterocycles. The standard InChI is InChI=1S/C26H32N4OS/c31-26(21-6-2-1-3-7-21)27-22-12-10-20(11-13-22)14-15-29-16-18-30(19-17-29)25-23-8-4-5-9-24(23)32-28-25/h1-9,20,22H,10-19H2,(H,27,31)/t20-,22-. The lowest BCUT2D eigenvalue weighted by Crippen LogP contribution is -2.47. The molecule has 32 heavy (non-hydrogen) atoms. The molecule has 6 heteroatoms. The lowest BCUT2D eigenvalue weighted by Gasteiger charge is -2.36. The Kier molecular flexibility index (Phi) is 6.69. The molecule has 5 rings (SSSR count). The van der Waals surface area contributed by atoms with Crippen molar-refractivity contribution in [1.82, 2.24) is 14.6 Å². The van der Waals surface area contributed by atoms with Crippen LogP contribution in [0.5, 0.6) is 0 Å². The van der Waals surface area contributed by atoms with E-state index in [-0.39, 0.29) is 5.91 Å². The number of nitrogens with one attached hydrogen (secondary N) is 1. The van der Waals surface area contributed by atoms with Crippen LogP contribution in [-0.2, 0) is 0 Å². The van der Waals surface area contributed by atoms with Crippen LogP contribution in [0.3, 0.4) is 0 Å². The zero-order valence-corrected chi connectivity index (χ0v) is 19.4. The lowest BCUT2D eigenvalue weighted by molar-refractivity contribution is 0.0919. The highest BCUT2D eigenvalue weighted by Gasteiger charge is 2.25. The van der Waals surface area contributed by atoms with Gasteiger partial charge in [0, 0.05) is 43.2 Å². The maximum atomic E-state index is 12.4. The summed E-state index contributed by atoms with van der Waals surface area (Å²) >= 11 is 1.61. The number of hydrogen-bond donors (Lipinski definition) is 1. The summed E-state index contributed by atoms with van der Waals surface area (Å²) in [5, 5.41) is 4.53. The minimum Gasteiger partial charge on any atom is -0.353 e. The topological polar surface area (TPSA) is 48.5 Å². The van der Waals surface area contributed by atoms with Crippen LogP contribution in [0.25, 0.3) is 10.1 Å². The van der Waals surface area contributed by atoms with Crippen LogP contribution in [0.15, 0.2) is 54.6 Å². The zero-order valence-electron chi connectivity index (χ0n) is 18.6. The Balaban J connectivity index is 1.03.